The van der Waals surface area contributed by atoms with Crippen LogP contribution in [0.2, 0.25) is 36.3 Å². The second-order valence-corrected chi connectivity index (χ2v) is 40.0. The molecule has 0 fully saturated rings. The highest BCUT2D eigenvalue weighted by Gasteiger charge is 2.41. The lowest BCUT2D eigenvalue weighted by Gasteiger charge is -2.36. The maximum absolute atomic E-state index is 14.1. The summed E-state index contributed by atoms with van der Waals surface area (Å²) in [6.07, 6.45) is 12.1. The van der Waals surface area contributed by atoms with E-state index >= 15 is 0 Å². The lowest BCUT2D eigenvalue weighted by Crippen LogP contribution is -2.44. The summed E-state index contributed by atoms with van der Waals surface area (Å²) < 4.78 is 206. The molecule has 13 rings (SSSR count). The van der Waals surface area contributed by atoms with E-state index in [9.17, 15) is 95.7 Å². The molecule has 0 aliphatic rings. The van der Waals surface area contributed by atoms with Gasteiger partial charge in [-0.15, -0.1) is 0 Å². The number of H-pyrrole nitrogens is 2. The zero-order chi connectivity index (χ0) is 91.6. The van der Waals surface area contributed by atoms with Gasteiger partial charge in [-0.05, 0) is 172 Å². The Morgan fingerprint density at radius 1 is 0.423 bits per heavy atom. The molecule has 13 aromatic rings. The van der Waals surface area contributed by atoms with Crippen molar-refractivity contribution in [2.45, 2.75) is 111 Å². The molecule has 0 saturated carbocycles. The van der Waals surface area contributed by atoms with Gasteiger partial charge in [-0.25, -0.2) is 76.2 Å². The summed E-state index contributed by atoms with van der Waals surface area (Å²) in [5.41, 5.74) is 1.13. The number of phenolic OH excluding ortho intramolecular Hbond substituents is 4. The standard InChI is InChI=1S/C19H11F2N3O2.C19H13F2N3O.C13H18F2O2Si.C12H12F2O4.C12H18F2OSi.C7H4F2O2.C6H4F2O/c20-14-3-4-15(25)17(21)16(14)18(26)13-9-24-19-12(13)6-11(8-23-19)10-2-1-5-22-7-10;20-16-3-4-17(25)18(21)15(16)7-13-10-24-19-14(13)6-12(9-23-19)11-2-1-5-22-8-11;1-13(2,3)18(4,5)17-11-7-6-10(14)9(8-16)12(11)15;1-12(2,3)18-11(16)17-9-5-4-8(13)7(6-15)10(9)14;1-12(2,3)16(4,5)15-11-7-6-9(13)8-10(11)14;8-5-1-2-6(11)7(9)4(5)3-10;7-4-1-2-6(9)5(8)3-4/h1-9,25H,(H,23,24);1-6,8-10,25H,7H2,(H,23,24);6-8H,1-5H3;4-6H,1-3H3;6-8H,1-5H3;1-3,11H;1-3,9H. The van der Waals surface area contributed by atoms with Crippen molar-refractivity contribution in [3.05, 3.63) is 303 Å². The maximum Gasteiger partial charge on any atom is 0.514 e. The second kappa shape index (κ2) is 41.1. The number of benzene rings is 7. The van der Waals surface area contributed by atoms with Crippen molar-refractivity contribution in [2.75, 3.05) is 0 Å². The van der Waals surface area contributed by atoms with Crippen molar-refractivity contribution in [3.8, 4) is 62.5 Å². The van der Waals surface area contributed by atoms with E-state index in [0.717, 1.165) is 94.9 Å². The van der Waals surface area contributed by atoms with Crippen LogP contribution in [0.15, 0.2) is 183 Å². The van der Waals surface area contributed by atoms with Gasteiger partial charge in [-0.3, -0.25) is 29.1 Å². The minimum Gasteiger partial charge on any atom is -0.542 e. The molecule has 0 radical (unpaired) electrons. The number of hydrogen-bond acceptors (Lipinski definition) is 17. The first kappa shape index (κ1) is 96.6. The third-order valence-electron chi connectivity index (χ3n) is 18.6. The van der Waals surface area contributed by atoms with Crippen molar-refractivity contribution < 1.29 is 124 Å². The number of nitrogens with zero attached hydrogens (tertiary/aromatic N) is 4. The Kier molecular flexibility index (Phi) is 32.3. The van der Waals surface area contributed by atoms with Crippen LogP contribution in [0.3, 0.4) is 0 Å². The number of aldehydes is 3. The van der Waals surface area contributed by atoms with Crippen molar-refractivity contribution in [2.24, 2.45) is 0 Å². The Labute approximate surface area is 696 Å². The molecule has 0 atom stereocenters. The van der Waals surface area contributed by atoms with Crippen LogP contribution in [0.1, 0.15) is 120 Å². The molecular formula is C88H80F14N6O13Si2. The number of nitrogens with one attached hydrogen (secondary N) is 2. The summed E-state index contributed by atoms with van der Waals surface area (Å²) in [7, 11) is -4.27. The topological polar surface area (TPSA) is 286 Å². The van der Waals surface area contributed by atoms with Crippen LogP contribution in [-0.2, 0) is 11.2 Å². The van der Waals surface area contributed by atoms with Crippen LogP contribution in [0.5, 0.6) is 40.2 Å². The lowest BCUT2D eigenvalue weighted by molar-refractivity contribution is 0.0196. The van der Waals surface area contributed by atoms with Crippen LogP contribution in [0.25, 0.3) is 44.3 Å². The average Bonchev–Trinajstić information content (AvgIpc) is 1.55. The first-order valence-electron chi connectivity index (χ1n) is 36.5. The zero-order valence-corrected chi connectivity index (χ0v) is 69.8. The van der Waals surface area contributed by atoms with E-state index in [2.05, 4.69) is 55.4 Å². The molecule has 0 saturated heterocycles. The Hall–Kier alpha value is -13.6. The molecule has 123 heavy (non-hydrogen) atoms. The molecule has 6 N–H and O–H groups in total. The van der Waals surface area contributed by atoms with Gasteiger partial charge in [0.25, 0.3) is 16.6 Å². The molecule has 7 aromatic carbocycles. The number of fused-ring (bicyclic) bond motifs is 2. The monoisotopic (exact) mass is 1750 g/mol. The normalized spacial score (nSPS) is 11.2. The predicted molar refractivity (Wildman–Crippen MR) is 435 cm³/mol. The number of aromatic hydroxyl groups is 4. The number of carbonyl (C=O) groups excluding carboxylic acids is 5. The second-order valence-electron chi connectivity index (χ2n) is 30.5. The molecule has 0 spiro atoms. The fraction of sp³-hybridized carbons (Fsp3) is 0.193. The lowest BCUT2D eigenvalue weighted by atomic mass is 10.0. The summed E-state index contributed by atoms with van der Waals surface area (Å²) in [5.74, 6) is -17.0. The molecule has 0 amide bonds. The van der Waals surface area contributed by atoms with Gasteiger partial charge in [0.15, 0.2) is 88.3 Å². The molecule has 0 aliphatic carbocycles. The third-order valence-corrected chi connectivity index (χ3v) is 27.3. The van der Waals surface area contributed by atoms with E-state index < -0.39 is 167 Å². The zero-order valence-electron chi connectivity index (χ0n) is 67.8. The Balaban J connectivity index is 0.000000202. The van der Waals surface area contributed by atoms with Gasteiger partial charge in [-0.2, -0.15) is 0 Å². The van der Waals surface area contributed by atoms with E-state index in [4.69, 9.17) is 23.8 Å². The number of halogens is 14. The molecule has 35 heteroatoms. The van der Waals surface area contributed by atoms with Crippen molar-refractivity contribution in [1.29, 1.82) is 0 Å². The van der Waals surface area contributed by atoms with Crippen LogP contribution < -0.4 is 13.6 Å². The van der Waals surface area contributed by atoms with Gasteiger partial charge in [-0.1, -0.05) is 53.7 Å². The van der Waals surface area contributed by atoms with E-state index in [1.807, 2.05) is 71.2 Å². The van der Waals surface area contributed by atoms with Gasteiger partial charge in [0.05, 0.1) is 22.3 Å². The quantitative estimate of drug-likeness (QED) is 0.0147. The minimum absolute atomic E-state index is 0.00421. The number of aromatic nitrogens is 6. The number of rotatable bonds is 14. The average molecular weight is 1750 g/mol. The van der Waals surface area contributed by atoms with Crippen LogP contribution in [-0.4, -0.2) is 103 Å². The summed E-state index contributed by atoms with van der Waals surface area (Å²) >= 11 is 0. The molecule has 0 aliphatic heterocycles. The Bertz CT molecular complexity index is 5970. The number of carbonyl (C=O) groups is 5. The minimum atomic E-state index is -2.21. The molecular weight excluding hydrogens is 1670 g/mol. The highest BCUT2D eigenvalue weighted by atomic mass is 28.4. The van der Waals surface area contributed by atoms with Gasteiger partial charge >= 0.3 is 6.16 Å². The fourth-order valence-electron chi connectivity index (χ4n) is 9.99. The first-order chi connectivity index (χ1) is 57.5. The van der Waals surface area contributed by atoms with Crippen LogP contribution in [0, 0.1) is 81.4 Å². The molecule has 6 aromatic heterocycles. The number of ketones is 1. The summed E-state index contributed by atoms with van der Waals surface area (Å²) in [4.78, 5) is 77.7. The van der Waals surface area contributed by atoms with Crippen molar-refractivity contribution >= 4 is 69.5 Å². The van der Waals surface area contributed by atoms with Crippen molar-refractivity contribution in [3.63, 3.8) is 0 Å². The van der Waals surface area contributed by atoms with Gasteiger partial charge < -0.3 is 48.7 Å². The number of aromatic amines is 2. The number of phenols is 4. The van der Waals surface area contributed by atoms with Gasteiger partial charge in [0.1, 0.15) is 69.1 Å². The van der Waals surface area contributed by atoms with E-state index in [0.29, 0.717) is 33.9 Å². The van der Waals surface area contributed by atoms with E-state index in [1.165, 1.54) is 24.4 Å². The Morgan fingerprint density at radius 3 is 1.31 bits per heavy atom. The van der Waals surface area contributed by atoms with E-state index in [1.54, 1.807) is 76.3 Å². The Morgan fingerprint density at radius 2 is 0.837 bits per heavy atom. The molecule has 0 bridgehead atoms. The third kappa shape index (κ3) is 25.3. The molecule has 646 valence electrons. The smallest absolute Gasteiger partial charge is 0.514 e. The summed E-state index contributed by atoms with van der Waals surface area (Å²) in [6.45, 7) is 25.0. The highest BCUT2D eigenvalue weighted by Crippen LogP contribution is 2.41. The first-order valence-corrected chi connectivity index (χ1v) is 42.3. The highest BCUT2D eigenvalue weighted by molar-refractivity contribution is 6.75. The van der Waals surface area contributed by atoms with Crippen molar-refractivity contribution in [1.82, 2.24) is 29.9 Å². The fourth-order valence-corrected chi connectivity index (χ4v) is 12.0. The number of ether oxygens (including phenoxy) is 2. The number of pyridine rings is 4. The summed E-state index contributed by atoms with van der Waals surface area (Å²) in [6, 6.07) is 26.4. The van der Waals surface area contributed by atoms with Crippen LogP contribution in [0.4, 0.5) is 66.3 Å². The summed E-state index contributed by atoms with van der Waals surface area (Å²) in [5, 5.41) is 37.2. The molecule has 19 nitrogen and oxygen atoms in total. The van der Waals surface area contributed by atoms with E-state index in [-0.39, 0.29) is 58.0 Å². The van der Waals surface area contributed by atoms with Crippen LogP contribution >= 0.6 is 0 Å². The predicted octanol–water partition coefficient (Wildman–Crippen LogP) is 22.8. The number of hydrogen-bond donors (Lipinski definition) is 6. The SMILES string of the molecule is CC(C)(C)OC(=O)Oc1ccc(F)c(C=O)c1F.CC(C)(C)[Si](C)(C)Oc1ccc(F)c(C=O)c1F.CC(C)(C)[Si](C)(C)Oc1ccc(F)cc1F.O=C(c1c(F)ccc(O)c1F)c1c[nH]c2ncc(-c3cccnc3)cc12.O=Cc1c(F)ccc(O)c1F.Oc1ccc(F)c(Cc2c[nH]c3ncc(-c4cccnc4)cc23)c1F.Oc1ccc(F)cc1F. The largest absolute Gasteiger partial charge is 0.542 e. The van der Waals surface area contributed by atoms with Gasteiger partial charge in [0, 0.05) is 112 Å². The molecule has 0 unspecified atom stereocenters. The maximum atomic E-state index is 14.1. The van der Waals surface area contributed by atoms with Gasteiger partial charge in [0.2, 0.25) is 5.78 Å². The molecule has 6 heterocycles.